The van der Waals surface area contributed by atoms with Crippen molar-refractivity contribution in [1.82, 2.24) is 14.9 Å². The molecule has 6 nitrogen and oxygen atoms in total. The van der Waals surface area contributed by atoms with Crippen LogP contribution < -0.4 is 4.90 Å². The van der Waals surface area contributed by atoms with E-state index in [1.54, 1.807) is 29.2 Å². The summed E-state index contributed by atoms with van der Waals surface area (Å²) in [7, 11) is 0. The van der Waals surface area contributed by atoms with Gasteiger partial charge in [-0.3, -0.25) is 4.79 Å². The van der Waals surface area contributed by atoms with Crippen molar-refractivity contribution >= 4 is 34.2 Å². The summed E-state index contributed by atoms with van der Waals surface area (Å²) in [5.41, 5.74) is 4.38. The molecule has 1 amide bonds. The monoisotopic (exact) mass is 558 g/mol. The summed E-state index contributed by atoms with van der Waals surface area (Å²) in [6, 6.07) is 16.2. The number of amides is 1. The summed E-state index contributed by atoms with van der Waals surface area (Å²) in [4.78, 5) is 26.2. The molecule has 4 aromatic rings. The number of piperazine rings is 1. The van der Waals surface area contributed by atoms with E-state index in [0.29, 0.717) is 63.9 Å². The summed E-state index contributed by atoms with van der Waals surface area (Å²) in [5.74, 6) is 0.290. The Bertz CT molecular complexity index is 1610. The molecule has 3 heterocycles. The van der Waals surface area contributed by atoms with E-state index in [-0.39, 0.29) is 24.5 Å². The number of rotatable bonds is 6. The largest absolute Gasteiger partial charge is 0.390 e. The Balaban J connectivity index is 1.81. The number of benzene rings is 2. The molecule has 0 radical (unpaired) electrons. The van der Waals surface area contributed by atoms with Crippen LogP contribution in [0.5, 0.6) is 0 Å². The average molecular weight is 559 g/mol. The third kappa shape index (κ3) is 4.95. The summed E-state index contributed by atoms with van der Waals surface area (Å²) < 4.78 is 14.9. The van der Waals surface area contributed by atoms with E-state index in [2.05, 4.69) is 31.4 Å². The molecule has 1 aliphatic rings. The number of aromatic nitrogens is 2. The van der Waals surface area contributed by atoms with Crippen molar-refractivity contribution in [2.24, 2.45) is 0 Å². The Kier molecular flexibility index (Phi) is 7.88. The van der Waals surface area contributed by atoms with Crippen LogP contribution in [0.25, 0.3) is 33.3 Å². The van der Waals surface area contributed by atoms with Crippen LogP contribution in [0.15, 0.2) is 67.3 Å². The van der Waals surface area contributed by atoms with Crippen LogP contribution in [-0.2, 0) is 11.4 Å². The fraction of sp³-hybridized carbons (Fsp3) is 0.281. The van der Waals surface area contributed by atoms with Crippen LogP contribution in [0.2, 0.25) is 5.02 Å². The maximum atomic E-state index is 14.9. The van der Waals surface area contributed by atoms with Crippen molar-refractivity contribution in [3.05, 3.63) is 89.3 Å². The highest BCUT2D eigenvalue weighted by Crippen LogP contribution is 2.42. The van der Waals surface area contributed by atoms with E-state index in [1.807, 2.05) is 25.1 Å². The van der Waals surface area contributed by atoms with Gasteiger partial charge < -0.3 is 14.9 Å². The van der Waals surface area contributed by atoms with Crippen LogP contribution in [0.3, 0.4) is 0 Å². The minimum absolute atomic E-state index is 0.0706. The molecule has 1 saturated heterocycles. The predicted molar refractivity (Wildman–Crippen MR) is 159 cm³/mol. The topological polar surface area (TPSA) is 69.6 Å². The maximum absolute atomic E-state index is 14.9. The lowest BCUT2D eigenvalue weighted by Crippen LogP contribution is -2.53. The number of anilines is 1. The molecule has 1 atom stereocenters. The second-order valence-corrected chi connectivity index (χ2v) is 10.8. The number of carbonyl (C=O) groups excluding carboxylic acids is 1. The van der Waals surface area contributed by atoms with E-state index in [0.717, 1.165) is 11.1 Å². The first-order valence-electron chi connectivity index (χ1n) is 13.4. The van der Waals surface area contributed by atoms with Gasteiger partial charge in [-0.05, 0) is 48.2 Å². The Morgan fingerprint density at radius 3 is 2.50 bits per heavy atom. The third-order valence-corrected chi connectivity index (χ3v) is 7.79. The molecule has 206 valence electrons. The minimum Gasteiger partial charge on any atom is -0.390 e. The molecule has 1 N–H and O–H groups in total. The van der Waals surface area contributed by atoms with Crippen molar-refractivity contribution in [1.29, 1.82) is 0 Å². The maximum Gasteiger partial charge on any atom is 0.246 e. The zero-order valence-corrected chi connectivity index (χ0v) is 23.6. The van der Waals surface area contributed by atoms with Gasteiger partial charge in [-0.25, -0.2) is 14.4 Å². The number of hydrogen-bond donors (Lipinski definition) is 1. The highest BCUT2D eigenvalue weighted by atomic mass is 35.5. The van der Waals surface area contributed by atoms with Gasteiger partial charge in [0.15, 0.2) is 0 Å². The van der Waals surface area contributed by atoms with Crippen molar-refractivity contribution < 1.29 is 14.3 Å². The zero-order valence-electron chi connectivity index (χ0n) is 22.9. The highest BCUT2D eigenvalue weighted by molar-refractivity contribution is 6.34. The number of fused-ring (bicyclic) bond motifs is 1. The lowest BCUT2D eigenvalue weighted by Gasteiger charge is -2.41. The number of carbonyl (C=O) groups is 1. The van der Waals surface area contributed by atoms with Crippen molar-refractivity contribution in [3.63, 3.8) is 0 Å². The predicted octanol–water partition coefficient (Wildman–Crippen LogP) is 6.60. The SMILES string of the molecule is C=CC(=O)N1CCN(c2nc(CO)c(-c3ccccc3C(C)C)c3nc(-c4ccccc4F)c(Cl)cc23)[C@@H](C)C1. The molecule has 0 aliphatic carbocycles. The van der Waals surface area contributed by atoms with Gasteiger partial charge >= 0.3 is 0 Å². The quantitative estimate of drug-likeness (QED) is 0.270. The Hall–Kier alpha value is -3.81. The van der Waals surface area contributed by atoms with Gasteiger partial charge in [-0.15, -0.1) is 0 Å². The number of aliphatic hydroxyl groups excluding tert-OH is 1. The molecular formula is C32H32ClFN4O2. The Morgan fingerprint density at radius 1 is 1.15 bits per heavy atom. The van der Waals surface area contributed by atoms with Crippen LogP contribution >= 0.6 is 11.6 Å². The Labute approximate surface area is 238 Å². The molecule has 2 aromatic heterocycles. The molecule has 8 heteroatoms. The fourth-order valence-corrected chi connectivity index (χ4v) is 5.77. The summed E-state index contributed by atoms with van der Waals surface area (Å²) in [6.45, 7) is 11.1. The molecule has 40 heavy (non-hydrogen) atoms. The standard InChI is InChI=1S/C32H32ClFN4O2/c1-5-28(40)37-14-15-38(20(4)17-37)32-24-16-25(33)30(23-12-8-9-13-26(23)34)36-31(24)29(27(18-39)35-32)22-11-7-6-10-21(22)19(2)3/h5-13,16,19-20,39H,1,14-15,17-18H2,2-4H3/t20-/m0/s1. The van der Waals surface area contributed by atoms with Gasteiger partial charge in [0.1, 0.15) is 11.6 Å². The lowest BCUT2D eigenvalue weighted by molar-refractivity contribution is -0.126. The average Bonchev–Trinajstić information content (AvgIpc) is 2.96. The number of nitrogens with zero attached hydrogens (tertiary/aromatic N) is 4. The molecule has 0 unspecified atom stereocenters. The number of aliphatic hydroxyl groups is 1. The first-order chi connectivity index (χ1) is 19.2. The van der Waals surface area contributed by atoms with E-state index in [9.17, 15) is 14.3 Å². The van der Waals surface area contributed by atoms with Crippen LogP contribution in [-0.4, -0.2) is 51.6 Å². The van der Waals surface area contributed by atoms with Crippen molar-refractivity contribution in [2.75, 3.05) is 24.5 Å². The number of halogens is 2. The smallest absolute Gasteiger partial charge is 0.246 e. The molecule has 1 aliphatic heterocycles. The van der Waals surface area contributed by atoms with E-state index < -0.39 is 5.82 Å². The van der Waals surface area contributed by atoms with Crippen LogP contribution in [0.1, 0.15) is 37.9 Å². The molecule has 5 rings (SSSR count). The second-order valence-electron chi connectivity index (χ2n) is 10.4. The van der Waals surface area contributed by atoms with Crippen molar-refractivity contribution in [3.8, 4) is 22.4 Å². The second kappa shape index (κ2) is 11.4. The number of pyridine rings is 2. The van der Waals surface area contributed by atoms with Gasteiger partial charge in [0.25, 0.3) is 0 Å². The minimum atomic E-state index is -0.423. The molecular weight excluding hydrogens is 527 g/mol. The third-order valence-electron chi connectivity index (χ3n) is 7.50. The van der Waals surface area contributed by atoms with Gasteiger partial charge in [-0.2, -0.15) is 0 Å². The fourth-order valence-electron chi connectivity index (χ4n) is 5.52. The summed E-state index contributed by atoms with van der Waals surface area (Å²) in [5, 5.41) is 11.6. The molecule has 2 aromatic carbocycles. The number of hydrogen-bond acceptors (Lipinski definition) is 5. The van der Waals surface area contributed by atoms with Crippen molar-refractivity contribution in [2.45, 2.75) is 39.3 Å². The van der Waals surface area contributed by atoms with E-state index in [1.165, 1.54) is 12.1 Å². The summed E-state index contributed by atoms with van der Waals surface area (Å²) in [6.07, 6.45) is 1.33. The first kappa shape index (κ1) is 27.7. The van der Waals surface area contributed by atoms with Gasteiger partial charge in [-0.1, -0.05) is 68.4 Å². The van der Waals surface area contributed by atoms with Crippen LogP contribution in [0, 0.1) is 5.82 Å². The first-order valence-corrected chi connectivity index (χ1v) is 13.8. The lowest BCUT2D eigenvalue weighted by atomic mass is 9.90. The Morgan fingerprint density at radius 2 is 1.85 bits per heavy atom. The van der Waals surface area contributed by atoms with E-state index in [4.69, 9.17) is 21.6 Å². The molecule has 0 bridgehead atoms. The van der Waals surface area contributed by atoms with E-state index >= 15 is 0 Å². The zero-order chi connectivity index (χ0) is 28.6. The highest BCUT2D eigenvalue weighted by Gasteiger charge is 2.30. The van der Waals surface area contributed by atoms with Gasteiger partial charge in [0, 0.05) is 42.2 Å². The summed E-state index contributed by atoms with van der Waals surface area (Å²) >= 11 is 6.81. The normalized spacial score (nSPS) is 15.6. The van der Waals surface area contributed by atoms with Crippen LogP contribution in [0.4, 0.5) is 10.2 Å². The molecule has 0 saturated carbocycles. The van der Waals surface area contributed by atoms with Gasteiger partial charge in [0.2, 0.25) is 5.91 Å². The molecule has 1 fully saturated rings. The molecule has 0 spiro atoms. The van der Waals surface area contributed by atoms with Gasteiger partial charge in [0.05, 0.1) is 28.5 Å².